The fourth-order valence-electron chi connectivity index (χ4n) is 2.86. The molecule has 1 aromatic heterocycles. The van der Waals surface area contributed by atoms with E-state index < -0.39 is 29.3 Å². The third-order valence-corrected chi connectivity index (χ3v) is 4.74. The predicted octanol–water partition coefficient (Wildman–Crippen LogP) is 3.50. The minimum absolute atomic E-state index is 0.0244. The van der Waals surface area contributed by atoms with Crippen LogP contribution < -0.4 is 14.8 Å². The molecule has 0 saturated heterocycles. The molecule has 34 heavy (non-hydrogen) atoms. The smallest absolute Gasteiger partial charge is 0.338 e. The molecule has 0 spiro atoms. The summed E-state index contributed by atoms with van der Waals surface area (Å²) in [6, 6.07) is 11.0. The van der Waals surface area contributed by atoms with Crippen LogP contribution in [0.5, 0.6) is 17.2 Å². The Kier molecular flexibility index (Phi) is 7.49. The summed E-state index contributed by atoms with van der Waals surface area (Å²) in [5.41, 5.74) is -0.0637. The number of imide groups is 1. The number of aromatic nitrogens is 1. The molecule has 0 aliphatic carbocycles. The number of methoxy groups -OCH3 is 1. The molecule has 0 radical (unpaired) electrons. The van der Waals surface area contributed by atoms with Crippen LogP contribution >= 0.6 is 11.6 Å². The first-order chi connectivity index (χ1) is 16.2. The lowest BCUT2D eigenvalue weighted by molar-refractivity contribution is -0.385. The van der Waals surface area contributed by atoms with Crippen LogP contribution in [0, 0.1) is 10.1 Å². The highest BCUT2D eigenvalue weighted by Gasteiger charge is 2.20. The van der Waals surface area contributed by atoms with E-state index in [1.54, 1.807) is 19.3 Å². The van der Waals surface area contributed by atoms with Gasteiger partial charge in [0.2, 0.25) is 5.75 Å². The second-order valence-electron chi connectivity index (χ2n) is 6.79. The monoisotopic (exact) mass is 487 g/mol. The molecule has 0 aliphatic rings. The predicted molar refractivity (Wildman–Crippen MR) is 119 cm³/mol. The number of nitro groups is 1. The zero-order valence-corrected chi connectivity index (χ0v) is 18.7. The second kappa shape index (κ2) is 10.5. The van der Waals surface area contributed by atoms with E-state index in [0.29, 0.717) is 0 Å². The van der Waals surface area contributed by atoms with Gasteiger partial charge in [0.15, 0.2) is 18.1 Å². The summed E-state index contributed by atoms with van der Waals surface area (Å²) in [7, 11) is 2.96. The van der Waals surface area contributed by atoms with E-state index in [4.69, 9.17) is 25.8 Å². The van der Waals surface area contributed by atoms with Crippen molar-refractivity contribution in [2.24, 2.45) is 7.05 Å². The van der Waals surface area contributed by atoms with E-state index >= 15 is 0 Å². The zero-order valence-electron chi connectivity index (χ0n) is 17.9. The molecule has 1 heterocycles. The van der Waals surface area contributed by atoms with Gasteiger partial charge < -0.3 is 18.8 Å². The first kappa shape index (κ1) is 24.3. The van der Waals surface area contributed by atoms with Gasteiger partial charge in [0, 0.05) is 24.3 Å². The Morgan fingerprint density at radius 1 is 1.09 bits per heavy atom. The number of nitro benzene ring substituents is 1. The van der Waals surface area contributed by atoms with Crippen LogP contribution in [0.15, 0.2) is 54.7 Å². The lowest BCUT2D eigenvalue weighted by atomic mass is 10.2. The van der Waals surface area contributed by atoms with Crippen molar-refractivity contribution >= 4 is 35.1 Å². The molecule has 0 bridgehead atoms. The largest absolute Gasteiger partial charge is 0.493 e. The van der Waals surface area contributed by atoms with Crippen molar-refractivity contribution in [1.29, 1.82) is 0 Å². The molecule has 2 aromatic carbocycles. The summed E-state index contributed by atoms with van der Waals surface area (Å²) in [4.78, 5) is 47.0. The fraction of sp³-hybridized carbons (Fsp3) is 0.136. The lowest BCUT2D eigenvalue weighted by Gasteiger charge is -2.12. The van der Waals surface area contributed by atoms with Crippen molar-refractivity contribution in [3.8, 4) is 17.2 Å². The van der Waals surface area contributed by atoms with E-state index in [2.05, 4.69) is 5.32 Å². The highest BCUT2D eigenvalue weighted by atomic mass is 35.5. The minimum atomic E-state index is -0.858. The molecule has 0 atom stereocenters. The van der Waals surface area contributed by atoms with Crippen molar-refractivity contribution in [2.75, 3.05) is 13.7 Å². The Balaban J connectivity index is 1.66. The Labute approximate surface area is 197 Å². The molecule has 0 saturated carbocycles. The number of benzene rings is 2. The molecule has 2 amide bonds. The Morgan fingerprint density at radius 3 is 2.47 bits per heavy atom. The number of rotatable bonds is 8. The maximum absolute atomic E-state index is 12.3. The van der Waals surface area contributed by atoms with Gasteiger partial charge in [-0.2, -0.15) is 0 Å². The fourth-order valence-corrected chi connectivity index (χ4v) is 3.02. The lowest BCUT2D eigenvalue weighted by Crippen LogP contribution is -2.35. The molecule has 3 aromatic rings. The van der Waals surface area contributed by atoms with Gasteiger partial charge in [-0.1, -0.05) is 11.6 Å². The number of hydrogen-bond acceptors (Lipinski definition) is 8. The maximum atomic E-state index is 12.3. The number of carbonyl (C=O) groups is 3. The summed E-state index contributed by atoms with van der Waals surface area (Å²) in [6.07, 6.45) is 1.64. The molecular formula is C22H18ClN3O8. The van der Waals surface area contributed by atoms with Gasteiger partial charge in [-0.3, -0.25) is 25.0 Å². The zero-order chi connectivity index (χ0) is 24.8. The van der Waals surface area contributed by atoms with E-state index in [9.17, 15) is 24.5 Å². The molecule has 3 rings (SSSR count). The average Bonchev–Trinajstić information content (AvgIpc) is 3.24. The first-order valence-corrected chi connectivity index (χ1v) is 10.00. The highest BCUT2D eigenvalue weighted by Crippen LogP contribution is 2.38. The number of amides is 2. The summed E-state index contributed by atoms with van der Waals surface area (Å²) in [5, 5.41) is 13.5. The van der Waals surface area contributed by atoms with E-state index in [1.807, 2.05) is 0 Å². The molecule has 12 heteroatoms. The average molecular weight is 488 g/mol. The van der Waals surface area contributed by atoms with Crippen LogP contribution in [-0.2, 0) is 16.6 Å². The van der Waals surface area contributed by atoms with Crippen LogP contribution in [-0.4, -0.2) is 41.0 Å². The van der Waals surface area contributed by atoms with Crippen LogP contribution in [0.25, 0.3) is 0 Å². The number of nitrogens with one attached hydrogen (secondary N) is 1. The van der Waals surface area contributed by atoms with Gasteiger partial charge in [-0.25, -0.2) is 4.79 Å². The number of aryl methyl sites for hydroxylation is 1. The number of esters is 1. The van der Waals surface area contributed by atoms with Crippen molar-refractivity contribution in [3.05, 3.63) is 81.1 Å². The standard InChI is InChI=1S/C22H18ClN3O8/c1-25-9-3-4-15(25)21(28)24-20(27)12-33-22(29)13-5-7-18(19(10-13)32-2)34-17-8-6-14(23)11-16(17)26(30)31/h3-11H,12H2,1-2H3,(H,24,27,28). The van der Waals surface area contributed by atoms with Crippen LogP contribution in [0.4, 0.5) is 5.69 Å². The maximum Gasteiger partial charge on any atom is 0.338 e. The summed E-state index contributed by atoms with van der Waals surface area (Å²) in [6.45, 7) is -0.688. The van der Waals surface area contributed by atoms with Gasteiger partial charge in [0.05, 0.1) is 17.6 Å². The molecule has 176 valence electrons. The normalized spacial score (nSPS) is 10.3. The molecule has 1 N–H and O–H groups in total. The Hall–Kier alpha value is -4.38. The summed E-state index contributed by atoms with van der Waals surface area (Å²) in [5.74, 6) is -2.20. The topological polar surface area (TPSA) is 139 Å². The number of hydrogen-bond donors (Lipinski definition) is 1. The van der Waals surface area contributed by atoms with Gasteiger partial charge >= 0.3 is 11.7 Å². The van der Waals surface area contributed by atoms with Crippen molar-refractivity contribution in [2.45, 2.75) is 0 Å². The van der Waals surface area contributed by atoms with E-state index in [1.165, 1.54) is 48.1 Å². The number of carbonyl (C=O) groups excluding carboxylic acids is 3. The number of ether oxygens (including phenoxy) is 3. The van der Waals surface area contributed by atoms with Gasteiger partial charge in [-0.05, 0) is 42.5 Å². The van der Waals surface area contributed by atoms with Gasteiger partial charge in [0.25, 0.3) is 11.8 Å². The second-order valence-corrected chi connectivity index (χ2v) is 7.23. The number of halogens is 1. The molecule has 11 nitrogen and oxygen atoms in total. The van der Waals surface area contributed by atoms with Crippen LogP contribution in [0.3, 0.4) is 0 Å². The van der Waals surface area contributed by atoms with Crippen LogP contribution in [0.2, 0.25) is 5.02 Å². The van der Waals surface area contributed by atoms with Crippen molar-refractivity contribution in [3.63, 3.8) is 0 Å². The van der Waals surface area contributed by atoms with E-state index in [-0.39, 0.29) is 39.2 Å². The van der Waals surface area contributed by atoms with Gasteiger partial charge in [0.1, 0.15) is 5.69 Å². The van der Waals surface area contributed by atoms with E-state index in [0.717, 1.165) is 6.07 Å². The third kappa shape index (κ3) is 5.70. The van der Waals surface area contributed by atoms with Gasteiger partial charge in [-0.15, -0.1) is 0 Å². The molecule has 0 aliphatic heterocycles. The number of nitrogens with zero attached hydrogens (tertiary/aromatic N) is 2. The minimum Gasteiger partial charge on any atom is -0.493 e. The Bertz CT molecular complexity index is 1270. The molecule has 0 unspecified atom stereocenters. The highest BCUT2D eigenvalue weighted by molar-refractivity contribution is 6.30. The van der Waals surface area contributed by atoms with Crippen LogP contribution in [0.1, 0.15) is 20.8 Å². The molecular weight excluding hydrogens is 470 g/mol. The third-order valence-electron chi connectivity index (χ3n) is 4.50. The SMILES string of the molecule is COc1cc(C(=O)OCC(=O)NC(=O)c2cccn2C)ccc1Oc1ccc(Cl)cc1[N+](=O)[O-]. The Morgan fingerprint density at radius 2 is 1.82 bits per heavy atom. The summed E-state index contributed by atoms with van der Waals surface area (Å²) >= 11 is 5.81. The summed E-state index contributed by atoms with van der Waals surface area (Å²) < 4.78 is 17.3. The first-order valence-electron chi connectivity index (χ1n) is 9.62. The van der Waals surface area contributed by atoms with Crippen molar-refractivity contribution in [1.82, 2.24) is 9.88 Å². The quantitative estimate of drug-likeness (QED) is 0.289. The van der Waals surface area contributed by atoms with Crippen molar-refractivity contribution < 1.29 is 33.5 Å². The molecule has 0 fully saturated rings.